The predicted molar refractivity (Wildman–Crippen MR) is 115 cm³/mol. The summed E-state index contributed by atoms with van der Waals surface area (Å²) in [5, 5.41) is 14.7. The molecule has 2 aromatic rings. The lowest BCUT2D eigenvalue weighted by molar-refractivity contribution is 0.424. The molecular weight excluding hydrogens is 389 g/mol. The standard InChI is InChI=1S/C20H24N5OPS/c1-16-18-19(25(23-16)15-9-12-21)22-20(17-10-5-4-6-11-17)26-27(18,28)24-13-7-2-3-8-14-24/h4-6,10-11H,2-3,7-9,13-15H2,1H3. The van der Waals surface area contributed by atoms with Crippen LogP contribution >= 0.6 is 6.42 Å². The van der Waals surface area contributed by atoms with E-state index in [0.717, 1.165) is 48.3 Å². The third kappa shape index (κ3) is 3.53. The monoisotopic (exact) mass is 413 g/mol. The van der Waals surface area contributed by atoms with Gasteiger partial charge in [-0.2, -0.15) is 15.4 Å². The fraction of sp³-hybridized carbons (Fsp3) is 0.450. The third-order valence-corrected chi connectivity index (χ3v) is 9.30. The molecule has 0 radical (unpaired) electrons. The second-order valence-electron chi connectivity index (χ2n) is 7.15. The van der Waals surface area contributed by atoms with Gasteiger partial charge in [0, 0.05) is 18.7 Å². The molecule has 1 fully saturated rings. The number of hydrogen-bond acceptors (Lipinski definition) is 5. The minimum atomic E-state index is -2.51. The van der Waals surface area contributed by atoms with E-state index in [4.69, 9.17) is 26.6 Å². The Hall–Kier alpha value is -2.00. The second-order valence-corrected chi connectivity index (χ2v) is 10.9. The van der Waals surface area contributed by atoms with Crippen LogP contribution in [0.5, 0.6) is 0 Å². The van der Waals surface area contributed by atoms with Gasteiger partial charge >= 0.3 is 0 Å². The van der Waals surface area contributed by atoms with Gasteiger partial charge in [-0.15, -0.1) is 0 Å². The zero-order valence-corrected chi connectivity index (χ0v) is 17.8. The van der Waals surface area contributed by atoms with Crippen molar-refractivity contribution in [2.24, 2.45) is 4.99 Å². The summed E-state index contributed by atoms with van der Waals surface area (Å²) in [5.74, 6) is 1.34. The van der Waals surface area contributed by atoms with E-state index in [0.29, 0.717) is 18.9 Å². The molecule has 1 unspecified atom stereocenters. The van der Waals surface area contributed by atoms with Crippen molar-refractivity contribution >= 4 is 35.2 Å². The first-order chi connectivity index (χ1) is 13.6. The van der Waals surface area contributed by atoms with Crippen LogP contribution in [0.3, 0.4) is 0 Å². The number of nitrogens with zero attached hydrogens (tertiary/aromatic N) is 5. The Kier molecular flexibility index (Phi) is 5.63. The molecule has 1 aromatic carbocycles. The number of aryl methyl sites for hydroxylation is 2. The molecule has 2 aliphatic heterocycles. The molecule has 146 valence electrons. The molecule has 0 amide bonds. The normalized spacial score (nSPS) is 22.5. The molecule has 2 aliphatic rings. The quantitative estimate of drug-likeness (QED) is 0.708. The van der Waals surface area contributed by atoms with Crippen LogP contribution in [0.15, 0.2) is 35.3 Å². The van der Waals surface area contributed by atoms with Crippen LogP contribution < -0.4 is 5.30 Å². The average molecular weight is 413 g/mol. The number of rotatable bonds is 4. The average Bonchev–Trinajstić information content (AvgIpc) is 2.89. The van der Waals surface area contributed by atoms with Crippen molar-refractivity contribution in [3.8, 4) is 6.07 Å². The molecule has 0 spiro atoms. The lowest BCUT2D eigenvalue weighted by Crippen LogP contribution is -2.32. The van der Waals surface area contributed by atoms with Crippen molar-refractivity contribution in [1.82, 2.24) is 14.5 Å². The summed E-state index contributed by atoms with van der Waals surface area (Å²) >= 11 is 6.29. The van der Waals surface area contributed by atoms with Crippen LogP contribution in [0.1, 0.15) is 43.4 Å². The topological polar surface area (TPSA) is 66.4 Å². The van der Waals surface area contributed by atoms with E-state index >= 15 is 0 Å². The summed E-state index contributed by atoms with van der Waals surface area (Å²) < 4.78 is 10.8. The van der Waals surface area contributed by atoms with Crippen molar-refractivity contribution in [3.63, 3.8) is 0 Å². The molecule has 0 bridgehead atoms. The summed E-state index contributed by atoms with van der Waals surface area (Å²) in [7, 11) is 0. The fourth-order valence-corrected chi connectivity index (χ4v) is 7.70. The Labute approximate surface area is 171 Å². The maximum atomic E-state index is 9.03. The van der Waals surface area contributed by atoms with E-state index < -0.39 is 6.42 Å². The number of nitriles is 1. The largest absolute Gasteiger partial charge is 0.431 e. The molecule has 28 heavy (non-hydrogen) atoms. The van der Waals surface area contributed by atoms with Gasteiger partial charge in [0.05, 0.1) is 24.7 Å². The SMILES string of the molecule is Cc1nn(CCC#N)c2c1P(=S)(N1CCCCCC1)OC(c1ccccc1)=N2. The first-order valence-corrected chi connectivity index (χ1v) is 12.4. The first-order valence-electron chi connectivity index (χ1n) is 9.77. The molecule has 8 heteroatoms. The number of aliphatic imine (C=N–C) groups is 1. The van der Waals surface area contributed by atoms with Crippen molar-refractivity contribution in [3.05, 3.63) is 41.6 Å². The van der Waals surface area contributed by atoms with Gasteiger partial charge in [0.15, 0.2) is 5.82 Å². The Morgan fingerprint density at radius 3 is 2.57 bits per heavy atom. The van der Waals surface area contributed by atoms with Gasteiger partial charge in [0.1, 0.15) is 5.30 Å². The molecule has 6 nitrogen and oxygen atoms in total. The molecule has 3 heterocycles. The summed E-state index contributed by atoms with van der Waals surface area (Å²) in [6.07, 6.45) is 2.62. The lowest BCUT2D eigenvalue weighted by atomic mass is 10.2. The maximum Gasteiger partial charge on any atom is 0.227 e. The highest BCUT2D eigenvalue weighted by molar-refractivity contribution is 8.15. The van der Waals surface area contributed by atoms with Crippen LogP contribution in [-0.2, 0) is 22.9 Å². The molecule has 4 rings (SSSR count). The zero-order chi connectivity index (χ0) is 19.6. The zero-order valence-electron chi connectivity index (χ0n) is 16.0. The van der Waals surface area contributed by atoms with Gasteiger partial charge < -0.3 is 4.52 Å². The van der Waals surface area contributed by atoms with Gasteiger partial charge in [-0.25, -0.2) is 9.35 Å². The van der Waals surface area contributed by atoms with Crippen LogP contribution in [0.25, 0.3) is 0 Å². The van der Waals surface area contributed by atoms with Gasteiger partial charge in [-0.1, -0.05) is 31.0 Å². The number of aromatic nitrogens is 2. The Bertz CT molecular complexity index is 970. The van der Waals surface area contributed by atoms with E-state index in [9.17, 15) is 0 Å². The Balaban J connectivity index is 1.85. The van der Waals surface area contributed by atoms with Crippen molar-refractivity contribution < 1.29 is 4.52 Å². The molecule has 1 saturated heterocycles. The molecular formula is C20H24N5OPS. The fourth-order valence-electron chi connectivity index (χ4n) is 3.81. The Morgan fingerprint density at radius 2 is 1.89 bits per heavy atom. The number of benzene rings is 1. The number of fused-ring (bicyclic) bond motifs is 1. The van der Waals surface area contributed by atoms with E-state index in [1.54, 1.807) is 0 Å². The highest BCUT2D eigenvalue weighted by Crippen LogP contribution is 2.56. The first kappa shape index (κ1) is 19.3. The summed E-state index contributed by atoms with van der Waals surface area (Å²) in [5.41, 5.74) is 1.79. The van der Waals surface area contributed by atoms with E-state index in [1.807, 2.05) is 41.9 Å². The van der Waals surface area contributed by atoms with Crippen molar-refractivity contribution in [2.75, 3.05) is 13.1 Å². The highest BCUT2D eigenvalue weighted by Gasteiger charge is 2.41. The van der Waals surface area contributed by atoms with Crippen LogP contribution in [-0.4, -0.2) is 33.4 Å². The molecule has 0 aliphatic carbocycles. The molecule has 1 aromatic heterocycles. The summed E-state index contributed by atoms with van der Waals surface area (Å²) in [4.78, 5) is 4.82. The van der Waals surface area contributed by atoms with Crippen molar-refractivity contribution in [2.45, 2.75) is 45.6 Å². The van der Waals surface area contributed by atoms with Gasteiger partial charge in [-0.3, -0.25) is 0 Å². The van der Waals surface area contributed by atoms with Gasteiger partial charge in [0.2, 0.25) is 12.3 Å². The molecule has 1 atom stereocenters. The molecule has 0 saturated carbocycles. The van der Waals surface area contributed by atoms with Gasteiger partial charge in [0.25, 0.3) is 0 Å². The van der Waals surface area contributed by atoms with Crippen molar-refractivity contribution in [1.29, 1.82) is 5.26 Å². The minimum Gasteiger partial charge on any atom is -0.431 e. The van der Waals surface area contributed by atoms with Crippen LogP contribution in [0, 0.1) is 18.3 Å². The highest BCUT2D eigenvalue weighted by atomic mass is 32.4. The maximum absolute atomic E-state index is 9.03. The summed E-state index contributed by atoms with van der Waals surface area (Å²) in [6, 6.07) is 12.1. The summed E-state index contributed by atoms with van der Waals surface area (Å²) in [6.45, 7) is 4.38. The third-order valence-electron chi connectivity index (χ3n) is 5.18. The number of hydrogen-bond donors (Lipinski definition) is 0. The smallest absolute Gasteiger partial charge is 0.227 e. The second kappa shape index (κ2) is 8.16. The van der Waals surface area contributed by atoms with E-state index in [2.05, 4.69) is 15.8 Å². The lowest BCUT2D eigenvalue weighted by Gasteiger charge is -2.36. The van der Waals surface area contributed by atoms with Gasteiger partial charge in [-0.05, 0) is 43.7 Å². The van der Waals surface area contributed by atoms with E-state index in [1.165, 1.54) is 12.8 Å². The predicted octanol–water partition coefficient (Wildman–Crippen LogP) is 4.02. The molecule has 0 N–H and O–H groups in total. The minimum absolute atomic E-state index is 0.386. The van der Waals surface area contributed by atoms with Crippen LogP contribution in [0.4, 0.5) is 5.82 Å². The Morgan fingerprint density at radius 1 is 1.18 bits per heavy atom. The van der Waals surface area contributed by atoms with E-state index in [-0.39, 0.29) is 0 Å². The van der Waals surface area contributed by atoms with Crippen LogP contribution in [0.2, 0.25) is 0 Å².